The van der Waals surface area contributed by atoms with Gasteiger partial charge in [0.15, 0.2) is 11.2 Å². The topological polar surface area (TPSA) is 109 Å². The van der Waals surface area contributed by atoms with E-state index in [1.807, 2.05) is 25.1 Å². The minimum absolute atomic E-state index is 0. The van der Waals surface area contributed by atoms with Crippen molar-refractivity contribution in [1.82, 2.24) is 0 Å². The average molecular weight is 392 g/mol. The molecule has 7 nitrogen and oxygen atoms in total. The summed E-state index contributed by atoms with van der Waals surface area (Å²) in [5.74, 6) is -1.32. The van der Waals surface area contributed by atoms with Gasteiger partial charge in [-0.15, -0.1) is 0 Å². The number of carbonyl (C=O) groups excluding carboxylic acids is 1. The van der Waals surface area contributed by atoms with Gasteiger partial charge in [0.25, 0.3) is 0 Å². The summed E-state index contributed by atoms with van der Waals surface area (Å²) in [6.45, 7) is 1.83. The predicted molar refractivity (Wildman–Crippen MR) is 95.0 cm³/mol. The normalized spacial score (nSPS) is 11.5. The van der Waals surface area contributed by atoms with Gasteiger partial charge in [-0.1, -0.05) is 18.2 Å². The van der Waals surface area contributed by atoms with E-state index in [0.717, 1.165) is 11.6 Å². The molecule has 3 aromatic rings. The average Bonchev–Trinajstić information content (AvgIpc) is 2.64. The van der Waals surface area contributed by atoms with Gasteiger partial charge in [0.2, 0.25) is 0 Å². The smallest absolute Gasteiger partial charge is 0.542 e. The first-order valence-electron chi connectivity index (χ1n) is 8.22. The van der Waals surface area contributed by atoms with Crippen molar-refractivity contribution in [3.05, 3.63) is 70.1 Å². The molecular formula is C20H17NaO7. The number of hydrogen-bond acceptors (Lipinski definition) is 7. The van der Waals surface area contributed by atoms with E-state index in [1.54, 1.807) is 12.1 Å². The third-order valence-electron chi connectivity index (χ3n) is 3.78. The van der Waals surface area contributed by atoms with Crippen LogP contribution in [0.25, 0.3) is 11.0 Å². The third-order valence-corrected chi connectivity index (χ3v) is 3.78. The number of benzene rings is 2. The van der Waals surface area contributed by atoms with Gasteiger partial charge in [0.05, 0.1) is 0 Å². The zero-order valence-corrected chi connectivity index (χ0v) is 17.5. The van der Waals surface area contributed by atoms with Gasteiger partial charge in [-0.25, -0.2) is 0 Å². The van der Waals surface area contributed by atoms with E-state index in [2.05, 4.69) is 0 Å². The van der Waals surface area contributed by atoms with Crippen molar-refractivity contribution >= 4 is 16.9 Å². The van der Waals surface area contributed by atoms with Gasteiger partial charge in [0.1, 0.15) is 47.8 Å². The molecule has 1 N–H and O–H groups in total. The summed E-state index contributed by atoms with van der Waals surface area (Å²) in [7, 11) is 0. The summed E-state index contributed by atoms with van der Waals surface area (Å²) < 4.78 is 16.2. The molecule has 0 spiro atoms. The fourth-order valence-electron chi connectivity index (χ4n) is 2.53. The molecule has 2 aromatic carbocycles. The molecule has 3 rings (SSSR count). The number of carboxylic acid groups (broad SMARTS) is 1. The standard InChI is InChI=1S/C20H18O7.Na/c1-12-4-2-5-14(8-12)25-10-13(21)11-26-16-6-3-7-17-19(16)15(22)9-18(27-17)20(23)24;/h2-9,13,21H,10-11H2,1H3,(H,23,24);/q;+1/p-1. The van der Waals surface area contributed by atoms with Crippen LogP contribution >= 0.6 is 0 Å². The fourth-order valence-corrected chi connectivity index (χ4v) is 2.53. The van der Waals surface area contributed by atoms with Gasteiger partial charge in [-0.3, -0.25) is 4.79 Å². The summed E-state index contributed by atoms with van der Waals surface area (Å²) in [5, 5.41) is 21.0. The Hall–Kier alpha value is -2.32. The SMILES string of the molecule is Cc1cccc(OCC(O)COc2cccc3oc(C(=O)[O-])cc(=O)c23)c1.[Na+]. The first kappa shape index (κ1) is 22.0. The maximum absolute atomic E-state index is 12.2. The first-order chi connectivity index (χ1) is 12.9. The Kier molecular flexibility index (Phi) is 7.65. The Morgan fingerprint density at radius 1 is 1.14 bits per heavy atom. The van der Waals surface area contributed by atoms with Crippen LogP contribution in [0, 0.1) is 6.92 Å². The van der Waals surface area contributed by atoms with Crippen LogP contribution in [0.5, 0.6) is 11.5 Å². The van der Waals surface area contributed by atoms with E-state index in [4.69, 9.17) is 13.9 Å². The van der Waals surface area contributed by atoms with Crippen molar-refractivity contribution in [2.75, 3.05) is 13.2 Å². The summed E-state index contributed by atoms with van der Waals surface area (Å²) in [6.07, 6.45) is -0.935. The summed E-state index contributed by atoms with van der Waals surface area (Å²) >= 11 is 0. The molecule has 0 aliphatic heterocycles. The Labute approximate surface area is 182 Å². The second kappa shape index (κ2) is 9.75. The molecule has 1 atom stereocenters. The van der Waals surface area contributed by atoms with Crippen LogP contribution in [0.1, 0.15) is 16.1 Å². The van der Waals surface area contributed by atoms with Crippen molar-refractivity contribution in [1.29, 1.82) is 0 Å². The summed E-state index contributed by atoms with van der Waals surface area (Å²) in [6, 6.07) is 12.8. The molecule has 0 saturated carbocycles. The molecule has 140 valence electrons. The van der Waals surface area contributed by atoms with Crippen LogP contribution in [0.2, 0.25) is 0 Å². The number of hydrogen-bond donors (Lipinski definition) is 1. The van der Waals surface area contributed by atoms with E-state index >= 15 is 0 Å². The molecular weight excluding hydrogens is 375 g/mol. The van der Waals surface area contributed by atoms with Crippen LogP contribution in [0.3, 0.4) is 0 Å². The quantitative estimate of drug-likeness (QED) is 0.477. The zero-order valence-electron chi connectivity index (χ0n) is 15.5. The van der Waals surface area contributed by atoms with E-state index in [9.17, 15) is 19.8 Å². The molecule has 8 heteroatoms. The van der Waals surface area contributed by atoms with Crippen molar-refractivity contribution < 1.29 is 58.5 Å². The summed E-state index contributed by atoms with van der Waals surface area (Å²) in [4.78, 5) is 23.1. The Morgan fingerprint density at radius 2 is 1.86 bits per heavy atom. The summed E-state index contributed by atoms with van der Waals surface area (Å²) in [5.41, 5.74) is 0.526. The monoisotopic (exact) mass is 392 g/mol. The van der Waals surface area contributed by atoms with Gasteiger partial charge in [-0.2, -0.15) is 0 Å². The largest absolute Gasteiger partial charge is 1.00 e. The van der Waals surface area contributed by atoms with Crippen LogP contribution in [-0.2, 0) is 0 Å². The number of carboxylic acids is 1. The molecule has 1 heterocycles. The van der Waals surface area contributed by atoms with Crippen molar-refractivity contribution in [2.24, 2.45) is 0 Å². The Bertz CT molecular complexity index is 1030. The predicted octanol–water partition coefficient (Wildman–Crippen LogP) is -1.71. The van der Waals surface area contributed by atoms with Crippen LogP contribution < -0.4 is 49.6 Å². The number of aromatic carboxylic acids is 1. The second-order valence-electron chi connectivity index (χ2n) is 5.98. The number of carbonyl (C=O) groups is 1. The number of aryl methyl sites for hydroxylation is 1. The number of aliphatic hydroxyl groups is 1. The molecule has 0 aliphatic carbocycles. The zero-order chi connectivity index (χ0) is 19.4. The molecule has 0 fully saturated rings. The molecule has 1 aromatic heterocycles. The van der Waals surface area contributed by atoms with E-state index in [-0.39, 0.29) is 59.5 Å². The molecule has 0 bridgehead atoms. The molecule has 0 aliphatic rings. The van der Waals surface area contributed by atoms with Crippen molar-refractivity contribution in [3.63, 3.8) is 0 Å². The van der Waals surface area contributed by atoms with Crippen molar-refractivity contribution in [2.45, 2.75) is 13.0 Å². The van der Waals surface area contributed by atoms with Crippen LogP contribution in [0.4, 0.5) is 0 Å². The Balaban J connectivity index is 0.00000280. The molecule has 0 amide bonds. The van der Waals surface area contributed by atoms with E-state index in [1.165, 1.54) is 12.1 Å². The van der Waals surface area contributed by atoms with Gasteiger partial charge in [0, 0.05) is 6.07 Å². The molecule has 28 heavy (non-hydrogen) atoms. The number of aliphatic hydroxyl groups excluding tert-OH is 1. The fraction of sp³-hybridized carbons (Fsp3) is 0.200. The second-order valence-corrected chi connectivity index (χ2v) is 5.98. The number of ether oxygens (including phenoxy) is 2. The minimum atomic E-state index is -1.58. The number of rotatable bonds is 7. The molecule has 0 radical (unpaired) electrons. The minimum Gasteiger partial charge on any atom is -0.542 e. The van der Waals surface area contributed by atoms with Gasteiger partial charge in [-0.05, 0) is 36.8 Å². The maximum atomic E-state index is 12.2. The van der Waals surface area contributed by atoms with Crippen LogP contribution in [-0.4, -0.2) is 30.4 Å². The Morgan fingerprint density at radius 3 is 2.57 bits per heavy atom. The maximum Gasteiger partial charge on any atom is 1.00 e. The third kappa shape index (κ3) is 5.36. The van der Waals surface area contributed by atoms with Gasteiger partial charge >= 0.3 is 29.6 Å². The van der Waals surface area contributed by atoms with E-state index in [0.29, 0.717) is 5.75 Å². The number of fused-ring (bicyclic) bond motifs is 1. The molecule has 0 saturated heterocycles. The van der Waals surface area contributed by atoms with E-state index < -0.39 is 23.3 Å². The van der Waals surface area contributed by atoms with Gasteiger partial charge < -0.3 is 28.9 Å². The first-order valence-corrected chi connectivity index (χ1v) is 8.22. The molecule has 1 unspecified atom stereocenters. The van der Waals surface area contributed by atoms with Crippen LogP contribution in [0.15, 0.2) is 57.7 Å². The van der Waals surface area contributed by atoms with Crippen molar-refractivity contribution in [3.8, 4) is 11.5 Å².